The van der Waals surface area contributed by atoms with Gasteiger partial charge >= 0.3 is 216 Å². The van der Waals surface area contributed by atoms with Gasteiger partial charge in [-0.25, -0.2) is 0 Å². The molecule has 1 amide bonds. The summed E-state index contributed by atoms with van der Waals surface area (Å²) in [6.07, 6.45) is 2.54. The maximum absolute atomic E-state index is 14.2. The van der Waals surface area contributed by atoms with E-state index in [1.165, 1.54) is 0 Å². The number of rotatable bonds is 7. The van der Waals surface area contributed by atoms with Crippen molar-refractivity contribution in [3.05, 3.63) is 39.7 Å². The van der Waals surface area contributed by atoms with Crippen molar-refractivity contribution in [3.8, 4) is 5.75 Å². The molecule has 225 valence electrons. The van der Waals surface area contributed by atoms with Crippen LogP contribution in [0.5, 0.6) is 5.75 Å². The first-order valence-electron chi connectivity index (χ1n) is 14.3. The number of aliphatic hydroxyl groups excluding tert-OH is 2. The van der Waals surface area contributed by atoms with Crippen LogP contribution in [0.25, 0.3) is 5.76 Å². The number of amides is 1. The third-order valence-corrected chi connectivity index (χ3v) is 9.55. The van der Waals surface area contributed by atoms with E-state index in [1.54, 1.807) is 32.2 Å². The molecule has 12 heteroatoms. The molecule has 6 N–H and O–H groups in total. The summed E-state index contributed by atoms with van der Waals surface area (Å²) in [6.45, 7) is 2.09. The van der Waals surface area contributed by atoms with Crippen molar-refractivity contribution in [1.82, 2.24) is 9.80 Å². The van der Waals surface area contributed by atoms with E-state index in [0.29, 0.717) is 25.1 Å². The van der Waals surface area contributed by atoms with Crippen LogP contribution in [-0.2, 0) is 27.3 Å². The quantitative estimate of drug-likeness (QED) is 0.287. The average molecular weight is 579 g/mol. The van der Waals surface area contributed by atoms with Crippen LogP contribution in [0.1, 0.15) is 36.0 Å². The van der Waals surface area contributed by atoms with E-state index in [1.807, 2.05) is 19.0 Å². The van der Waals surface area contributed by atoms with E-state index >= 15 is 0 Å². The number of primary amides is 1. The summed E-state index contributed by atoms with van der Waals surface area (Å²) in [5, 5.41) is 45.9. The number of ketones is 1. The van der Waals surface area contributed by atoms with Gasteiger partial charge in [-0.3, -0.25) is 0 Å². The van der Waals surface area contributed by atoms with Crippen molar-refractivity contribution in [1.29, 1.82) is 0 Å². The van der Waals surface area contributed by atoms with E-state index < -0.39 is 57.7 Å². The van der Waals surface area contributed by atoms with Gasteiger partial charge in [-0.05, 0) is 12.8 Å². The van der Waals surface area contributed by atoms with Crippen molar-refractivity contribution in [2.45, 2.75) is 49.9 Å². The van der Waals surface area contributed by atoms with E-state index in [4.69, 9.17) is 18.0 Å². The molecule has 42 heavy (non-hydrogen) atoms. The SMILES string of the molecule is [B]=C1C(C(N)=O)=C(O)[C@@H](N(C)C)[C@@H]2C[C@@H]3Cc4c(c(O)cc(CN5CCC[C@@H]5COC)c4N(C)C)C(O)=C3C(=O)[C@]12O. The van der Waals surface area contributed by atoms with Crippen LogP contribution >= 0.6 is 0 Å². The number of hydrogen-bond donors (Lipinski definition) is 5. The normalized spacial score (nSPS) is 29.6. The maximum atomic E-state index is 14.2. The molecule has 1 saturated heterocycles. The van der Waals surface area contributed by atoms with Gasteiger partial charge in [0, 0.05) is 7.11 Å². The number of nitrogens with zero attached hydrogens (tertiary/aromatic N) is 3. The van der Waals surface area contributed by atoms with Crippen LogP contribution in [0.15, 0.2) is 23.0 Å². The number of nitrogens with two attached hydrogens (primary N) is 1. The van der Waals surface area contributed by atoms with Gasteiger partial charge in [0.2, 0.25) is 0 Å². The number of likely N-dealkylation sites (N-methyl/N-ethyl adjacent to an activating group) is 1. The summed E-state index contributed by atoms with van der Waals surface area (Å²) in [5.74, 6) is -4.39. The number of carbonyl (C=O) groups excluding carboxylic acids is 2. The van der Waals surface area contributed by atoms with Crippen LogP contribution in [0, 0.1) is 11.8 Å². The Kier molecular flexibility index (Phi) is 7.80. The Morgan fingerprint density at radius 3 is 2.52 bits per heavy atom. The number of likely N-dealkylation sites (tertiary alicyclic amines) is 1. The molecule has 3 aliphatic carbocycles. The Hall–Kier alpha value is -3.19. The molecule has 0 aromatic heterocycles. The molecule has 1 aromatic carbocycles. The zero-order valence-electron chi connectivity index (χ0n) is 24.8. The molecule has 2 fully saturated rings. The fourth-order valence-electron chi connectivity index (χ4n) is 7.85. The molecule has 5 atom stereocenters. The predicted molar refractivity (Wildman–Crippen MR) is 160 cm³/mol. The van der Waals surface area contributed by atoms with Gasteiger partial charge in [0.25, 0.3) is 0 Å². The number of Topliss-reactive ketones (excluding diaryl/α,β-unsaturated/α-hetero) is 1. The predicted octanol–water partition coefficient (Wildman–Crippen LogP) is 0.413. The zero-order valence-corrected chi connectivity index (χ0v) is 24.8. The Labute approximate surface area is 246 Å². The molecule has 1 radical (unpaired) electrons. The number of aromatic hydroxyl groups is 1. The van der Waals surface area contributed by atoms with E-state index in [0.717, 1.165) is 30.6 Å². The van der Waals surface area contributed by atoms with Gasteiger partial charge in [-0.15, -0.1) is 0 Å². The number of hydrogen-bond acceptors (Lipinski definition) is 10. The van der Waals surface area contributed by atoms with Gasteiger partial charge < -0.3 is 4.74 Å². The van der Waals surface area contributed by atoms with Crippen molar-refractivity contribution in [3.63, 3.8) is 0 Å². The third-order valence-electron chi connectivity index (χ3n) is 9.55. The number of carbonyl (C=O) groups is 2. The Morgan fingerprint density at radius 2 is 1.93 bits per heavy atom. The molecule has 0 bridgehead atoms. The van der Waals surface area contributed by atoms with Crippen LogP contribution < -0.4 is 10.6 Å². The number of phenolic OH excluding ortho intramolecular Hbond substituents is 1. The van der Waals surface area contributed by atoms with Gasteiger partial charge in [0.05, 0.1) is 6.61 Å². The van der Waals surface area contributed by atoms with Crippen molar-refractivity contribution in [2.75, 3.05) is 53.4 Å². The first-order chi connectivity index (χ1) is 19.7. The number of ether oxygens (including phenoxy) is 1. The van der Waals surface area contributed by atoms with Crippen molar-refractivity contribution < 1.29 is 34.8 Å². The number of aliphatic hydroxyl groups is 3. The van der Waals surface area contributed by atoms with Crippen molar-refractivity contribution in [2.24, 2.45) is 17.6 Å². The van der Waals surface area contributed by atoms with E-state index in [9.17, 15) is 30.0 Å². The summed E-state index contributed by atoms with van der Waals surface area (Å²) >= 11 is 0. The molecule has 4 aliphatic rings. The molecule has 1 aliphatic heterocycles. The van der Waals surface area contributed by atoms with Gasteiger partial charge in [-0.2, -0.15) is 0 Å². The average Bonchev–Trinajstić information content (AvgIpc) is 3.32. The van der Waals surface area contributed by atoms with E-state index in [2.05, 4.69) is 4.90 Å². The molecule has 5 rings (SSSR count). The minimum atomic E-state index is -2.39. The molecule has 0 unspecified atom stereocenters. The van der Waals surface area contributed by atoms with Crippen LogP contribution in [0.3, 0.4) is 0 Å². The number of methoxy groups -OCH3 is 1. The summed E-state index contributed by atoms with van der Waals surface area (Å²) in [6, 6.07) is 0.964. The van der Waals surface area contributed by atoms with Gasteiger partial charge in [0.15, 0.2) is 0 Å². The second-order valence-corrected chi connectivity index (χ2v) is 12.4. The molecular weight excluding hydrogens is 539 g/mol. The second kappa shape index (κ2) is 10.8. The summed E-state index contributed by atoms with van der Waals surface area (Å²) in [7, 11) is 15.1. The second-order valence-electron chi connectivity index (χ2n) is 12.4. The molecule has 1 heterocycles. The first kappa shape index (κ1) is 30.3. The molecular formula is C30H40BN4O7. The summed E-state index contributed by atoms with van der Waals surface area (Å²) in [5.41, 5.74) is 4.62. The van der Waals surface area contributed by atoms with Crippen molar-refractivity contribution >= 4 is 36.1 Å². The van der Waals surface area contributed by atoms with Gasteiger partial charge in [0.1, 0.15) is 0 Å². The fourth-order valence-corrected chi connectivity index (χ4v) is 7.85. The van der Waals surface area contributed by atoms with Crippen LogP contribution in [0.4, 0.5) is 5.69 Å². The minimum absolute atomic E-state index is 0.0561. The third kappa shape index (κ3) is 4.38. The Bertz CT molecular complexity index is 1420. The summed E-state index contributed by atoms with van der Waals surface area (Å²) < 4.78 is 5.43. The number of fused-ring (bicyclic) bond motifs is 3. The zero-order chi connectivity index (χ0) is 30.8. The molecule has 0 spiro atoms. The molecule has 1 saturated carbocycles. The van der Waals surface area contributed by atoms with Crippen LogP contribution in [-0.4, -0.2) is 121 Å². The molecule has 11 nitrogen and oxygen atoms in total. The van der Waals surface area contributed by atoms with Gasteiger partial charge in [-0.1, -0.05) is 0 Å². The summed E-state index contributed by atoms with van der Waals surface area (Å²) in [4.78, 5) is 32.3. The fraction of sp³-hybridized carbons (Fsp3) is 0.567. The standard InChI is InChI=1S/C30H40BN4O7/c1-33(2)23-15(12-35-8-6-7-16(35)13-42-5)11-19(36)21-17(23)9-14-10-18-24(34(3)4)26(38)22(29(32)40)27(31)30(18,41)28(39)20(14)25(21)37/h11,14,16,18,24,36-38,41H,6-10,12-13H2,1-5H3,(H2,32,40)/t14-,16+,18-,24-,30+/m0/s1. The number of anilines is 1. The van der Waals surface area contributed by atoms with E-state index in [-0.39, 0.29) is 29.3 Å². The first-order valence-corrected chi connectivity index (χ1v) is 14.3. The Balaban J connectivity index is 1.65. The monoisotopic (exact) mass is 579 g/mol. The molecule has 1 aromatic rings. The van der Waals surface area contributed by atoms with Crippen LogP contribution in [0.2, 0.25) is 0 Å². The number of phenols is 1. The number of benzene rings is 1. The topological polar surface area (TPSA) is 160 Å². The Morgan fingerprint density at radius 1 is 1.24 bits per heavy atom.